The minimum Gasteiger partial charge on any atom is -0.481 e. The fraction of sp³-hybridized carbons (Fsp3) is 0.857. The van der Waals surface area contributed by atoms with Gasteiger partial charge in [0.2, 0.25) is 5.91 Å². The molecule has 5 heteroatoms. The quantitative estimate of drug-likeness (QED) is 0.702. The number of amides is 1. The molecule has 2 aliphatic rings. The number of nitrogens with one attached hydrogen (secondary N) is 2. The van der Waals surface area contributed by atoms with Crippen LogP contribution in [0.2, 0.25) is 0 Å². The van der Waals surface area contributed by atoms with E-state index < -0.39 is 11.4 Å². The Kier molecular flexibility index (Phi) is 4.80. The molecule has 1 amide bonds. The first-order valence-corrected chi connectivity index (χ1v) is 7.36. The van der Waals surface area contributed by atoms with Gasteiger partial charge in [-0.25, -0.2) is 0 Å². The maximum absolute atomic E-state index is 11.9. The highest BCUT2D eigenvalue weighted by Crippen LogP contribution is 2.36. The van der Waals surface area contributed by atoms with Gasteiger partial charge in [-0.05, 0) is 32.2 Å². The molecule has 1 saturated heterocycles. The normalized spacial score (nSPS) is 26.0. The predicted molar refractivity (Wildman–Crippen MR) is 71.8 cm³/mol. The van der Waals surface area contributed by atoms with Crippen molar-refractivity contribution in [2.75, 3.05) is 13.1 Å². The number of hydrogen-bond acceptors (Lipinski definition) is 3. The van der Waals surface area contributed by atoms with Crippen LogP contribution < -0.4 is 10.6 Å². The Hall–Kier alpha value is -1.10. The number of rotatable bonds is 5. The molecule has 5 nitrogen and oxygen atoms in total. The van der Waals surface area contributed by atoms with Crippen LogP contribution in [0.1, 0.15) is 51.4 Å². The SMILES string of the molecule is O=C(CC1CCCN1)NCC1(C(=O)O)CCCCC1. The second kappa shape index (κ2) is 6.37. The topological polar surface area (TPSA) is 78.4 Å². The molecule has 0 aromatic carbocycles. The highest BCUT2D eigenvalue weighted by Gasteiger charge is 2.39. The zero-order valence-corrected chi connectivity index (χ0v) is 11.4. The summed E-state index contributed by atoms with van der Waals surface area (Å²) >= 11 is 0. The largest absolute Gasteiger partial charge is 0.481 e. The Balaban J connectivity index is 1.81. The molecular formula is C14H24N2O3. The van der Waals surface area contributed by atoms with Gasteiger partial charge in [-0.15, -0.1) is 0 Å². The fourth-order valence-electron chi connectivity index (χ4n) is 3.19. The number of carbonyl (C=O) groups excluding carboxylic acids is 1. The van der Waals surface area contributed by atoms with E-state index in [4.69, 9.17) is 0 Å². The molecule has 3 N–H and O–H groups in total. The summed E-state index contributed by atoms with van der Waals surface area (Å²) in [6.07, 6.45) is 7.01. The van der Waals surface area contributed by atoms with Crippen LogP contribution in [0.5, 0.6) is 0 Å². The van der Waals surface area contributed by atoms with Crippen LogP contribution in [0.3, 0.4) is 0 Å². The fourth-order valence-corrected chi connectivity index (χ4v) is 3.19. The molecule has 2 fully saturated rings. The van der Waals surface area contributed by atoms with Crippen LogP contribution in [-0.2, 0) is 9.59 Å². The van der Waals surface area contributed by atoms with Crippen LogP contribution in [0, 0.1) is 5.41 Å². The summed E-state index contributed by atoms with van der Waals surface area (Å²) in [6, 6.07) is 0.270. The maximum Gasteiger partial charge on any atom is 0.311 e. The van der Waals surface area contributed by atoms with Crippen LogP contribution in [0.4, 0.5) is 0 Å². The average Bonchev–Trinajstić information content (AvgIpc) is 2.90. The molecule has 1 unspecified atom stereocenters. The van der Waals surface area contributed by atoms with Crippen LogP contribution >= 0.6 is 0 Å². The first kappa shape index (κ1) is 14.3. The van der Waals surface area contributed by atoms with Crippen molar-refractivity contribution in [1.82, 2.24) is 10.6 Å². The molecule has 0 radical (unpaired) electrons. The lowest BCUT2D eigenvalue weighted by molar-refractivity contribution is -0.151. The van der Waals surface area contributed by atoms with Gasteiger partial charge in [-0.3, -0.25) is 9.59 Å². The molecule has 0 spiro atoms. The highest BCUT2D eigenvalue weighted by atomic mass is 16.4. The third-order valence-corrected chi connectivity index (χ3v) is 4.48. The second-order valence-corrected chi connectivity index (χ2v) is 5.92. The van der Waals surface area contributed by atoms with Crippen LogP contribution in [0.15, 0.2) is 0 Å². The third-order valence-electron chi connectivity index (χ3n) is 4.48. The molecule has 0 bridgehead atoms. The highest BCUT2D eigenvalue weighted by molar-refractivity contribution is 5.79. The summed E-state index contributed by atoms with van der Waals surface area (Å²) in [5.41, 5.74) is -0.725. The van der Waals surface area contributed by atoms with Crippen molar-refractivity contribution in [3.05, 3.63) is 0 Å². The summed E-state index contributed by atoms with van der Waals surface area (Å²) in [7, 11) is 0. The molecule has 19 heavy (non-hydrogen) atoms. The Morgan fingerprint density at radius 2 is 1.95 bits per heavy atom. The van der Waals surface area contributed by atoms with E-state index in [2.05, 4.69) is 10.6 Å². The molecule has 1 aliphatic heterocycles. The minimum absolute atomic E-state index is 0.0226. The van der Waals surface area contributed by atoms with Gasteiger partial charge in [-0.1, -0.05) is 19.3 Å². The summed E-state index contributed by atoms with van der Waals surface area (Å²) in [4.78, 5) is 23.3. The Morgan fingerprint density at radius 3 is 2.53 bits per heavy atom. The zero-order chi connectivity index (χ0) is 13.7. The summed E-state index contributed by atoms with van der Waals surface area (Å²) < 4.78 is 0. The Morgan fingerprint density at radius 1 is 1.21 bits per heavy atom. The summed E-state index contributed by atoms with van der Waals surface area (Å²) in [5, 5.41) is 15.5. The lowest BCUT2D eigenvalue weighted by atomic mass is 9.74. The number of carbonyl (C=O) groups is 2. The monoisotopic (exact) mass is 268 g/mol. The number of carboxylic acid groups (broad SMARTS) is 1. The smallest absolute Gasteiger partial charge is 0.311 e. The number of aliphatic carboxylic acids is 1. The van der Waals surface area contributed by atoms with E-state index in [1.807, 2.05) is 0 Å². The molecule has 2 rings (SSSR count). The first-order valence-electron chi connectivity index (χ1n) is 7.36. The molecule has 1 aliphatic carbocycles. The van der Waals surface area contributed by atoms with E-state index in [0.29, 0.717) is 19.3 Å². The Labute approximate surface area is 114 Å². The van der Waals surface area contributed by atoms with Crippen molar-refractivity contribution in [3.8, 4) is 0 Å². The van der Waals surface area contributed by atoms with Crippen molar-refractivity contribution in [1.29, 1.82) is 0 Å². The summed E-state index contributed by atoms with van der Waals surface area (Å²) in [5.74, 6) is -0.780. The van der Waals surface area contributed by atoms with Crippen molar-refractivity contribution < 1.29 is 14.7 Å². The van der Waals surface area contributed by atoms with E-state index >= 15 is 0 Å². The van der Waals surface area contributed by atoms with E-state index in [1.54, 1.807) is 0 Å². The molecular weight excluding hydrogens is 244 g/mol. The van der Waals surface area contributed by atoms with Gasteiger partial charge in [0.05, 0.1) is 5.41 Å². The molecule has 0 aromatic rings. The first-order chi connectivity index (χ1) is 9.12. The van der Waals surface area contributed by atoms with Crippen molar-refractivity contribution in [2.45, 2.75) is 57.4 Å². The maximum atomic E-state index is 11.9. The van der Waals surface area contributed by atoms with Gasteiger partial charge in [0.15, 0.2) is 0 Å². The standard InChI is InChI=1S/C14H24N2O3/c17-12(9-11-5-4-8-15-11)16-10-14(13(18)19)6-2-1-3-7-14/h11,15H,1-10H2,(H,16,17)(H,18,19). The minimum atomic E-state index is -0.758. The van der Waals surface area contributed by atoms with Gasteiger partial charge in [0.25, 0.3) is 0 Å². The zero-order valence-electron chi connectivity index (χ0n) is 11.4. The molecule has 0 aromatic heterocycles. The van der Waals surface area contributed by atoms with Gasteiger partial charge in [-0.2, -0.15) is 0 Å². The third kappa shape index (κ3) is 3.69. The van der Waals surface area contributed by atoms with Gasteiger partial charge < -0.3 is 15.7 Å². The molecule has 1 heterocycles. The van der Waals surface area contributed by atoms with Crippen LogP contribution in [-0.4, -0.2) is 36.1 Å². The van der Waals surface area contributed by atoms with Gasteiger partial charge in [0, 0.05) is 19.0 Å². The van der Waals surface area contributed by atoms with E-state index in [1.165, 1.54) is 0 Å². The van der Waals surface area contributed by atoms with Crippen molar-refractivity contribution in [3.63, 3.8) is 0 Å². The molecule has 108 valence electrons. The van der Waals surface area contributed by atoms with Crippen LogP contribution in [0.25, 0.3) is 0 Å². The van der Waals surface area contributed by atoms with Crippen molar-refractivity contribution in [2.24, 2.45) is 5.41 Å². The van der Waals surface area contributed by atoms with Gasteiger partial charge in [0.1, 0.15) is 0 Å². The average molecular weight is 268 g/mol. The number of hydrogen-bond donors (Lipinski definition) is 3. The number of carboxylic acids is 1. The molecule has 1 saturated carbocycles. The second-order valence-electron chi connectivity index (χ2n) is 5.92. The lowest BCUT2D eigenvalue weighted by Gasteiger charge is -2.33. The van der Waals surface area contributed by atoms with E-state index in [9.17, 15) is 14.7 Å². The van der Waals surface area contributed by atoms with Crippen molar-refractivity contribution >= 4 is 11.9 Å². The predicted octanol–water partition coefficient (Wildman–Crippen LogP) is 1.28. The molecule has 1 atom stereocenters. The van der Waals surface area contributed by atoms with E-state index in [0.717, 1.165) is 38.6 Å². The Bertz CT molecular complexity index is 332. The van der Waals surface area contributed by atoms with E-state index in [-0.39, 0.29) is 18.5 Å². The summed E-state index contributed by atoms with van der Waals surface area (Å²) in [6.45, 7) is 1.27. The van der Waals surface area contributed by atoms with Gasteiger partial charge >= 0.3 is 5.97 Å². The lowest BCUT2D eigenvalue weighted by Crippen LogP contribution is -2.45.